The Balaban J connectivity index is 2.51. The fourth-order valence-electron chi connectivity index (χ4n) is 1.47. The zero-order chi connectivity index (χ0) is 14.4. The van der Waals surface area contributed by atoms with Crippen molar-refractivity contribution in [1.82, 2.24) is 10.6 Å². The van der Waals surface area contributed by atoms with E-state index in [2.05, 4.69) is 10.6 Å². The first-order valence-corrected chi connectivity index (χ1v) is 7.09. The highest BCUT2D eigenvalue weighted by Gasteiger charge is 2.21. The molecule has 1 unspecified atom stereocenters. The van der Waals surface area contributed by atoms with E-state index in [0.29, 0.717) is 4.88 Å². The molecule has 6 heteroatoms. The van der Waals surface area contributed by atoms with Gasteiger partial charge in [0.1, 0.15) is 6.04 Å². The van der Waals surface area contributed by atoms with Crippen molar-refractivity contribution in [3.63, 3.8) is 0 Å². The highest BCUT2D eigenvalue weighted by atomic mass is 32.1. The van der Waals surface area contributed by atoms with Crippen molar-refractivity contribution in [2.45, 2.75) is 32.9 Å². The second-order valence-electron chi connectivity index (χ2n) is 4.71. The van der Waals surface area contributed by atoms with Crippen molar-refractivity contribution >= 4 is 23.2 Å². The Morgan fingerprint density at radius 2 is 2.00 bits per heavy atom. The topological polar surface area (TPSA) is 78.4 Å². The minimum Gasteiger partial charge on any atom is -0.394 e. The molecule has 2 amide bonds. The molecule has 0 aromatic carbocycles. The lowest BCUT2D eigenvalue weighted by Gasteiger charge is -2.22. The molecule has 1 heterocycles. The van der Waals surface area contributed by atoms with E-state index < -0.39 is 6.04 Å². The minimum absolute atomic E-state index is 0.116. The number of carbonyl (C=O) groups excluding carboxylic acids is 2. The van der Waals surface area contributed by atoms with Crippen LogP contribution in [-0.2, 0) is 4.79 Å². The van der Waals surface area contributed by atoms with Crippen molar-refractivity contribution in [1.29, 1.82) is 0 Å². The van der Waals surface area contributed by atoms with Crippen LogP contribution < -0.4 is 10.6 Å². The fourth-order valence-corrected chi connectivity index (χ4v) is 2.10. The molecule has 106 valence electrons. The molecule has 1 aromatic rings. The molecule has 0 bridgehead atoms. The molecular formula is C13H20N2O3S. The number of hydrogen-bond donors (Lipinski definition) is 3. The van der Waals surface area contributed by atoms with Gasteiger partial charge in [0.25, 0.3) is 5.91 Å². The number of hydrogen-bond acceptors (Lipinski definition) is 4. The normalized spacial score (nSPS) is 13.9. The highest BCUT2D eigenvalue weighted by Crippen LogP contribution is 2.08. The second kappa shape index (κ2) is 7.25. The lowest BCUT2D eigenvalue weighted by molar-refractivity contribution is -0.123. The molecule has 0 fully saturated rings. The molecule has 3 N–H and O–H groups in total. The Morgan fingerprint density at radius 3 is 2.47 bits per heavy atom. The van der Waals surface area contributed by atoms with Crippen molar-refractivity contribution in [2.75, 3.05) is 6.61 Å². The smallest absolute Gasteiger partial charge is 0.261 e. The molecule has 0 saturated carbocycles. The molecule has 0 aliphatic heterocycles. The lowest BCUT2D eigenvalue weighted by Crippen LogP contribution is -2.50. The third-order valence-corrected chi connectivity index (χ3v) is 3.68. The number of carbonyl (C=O) groups is 2. The van der Waals surface area contributed by atoms with E-state index in [1.54, 1.807) is 24.4 Å². The van der Waals surface area contributed by atoms with Gasteiger partial charge in [0.15, 0.2) is 0 Å². The lowest BCUT2D eigenvalue weighted by atomic mass is 10.1. The number of nitrogens with one attached hydrogen (secondary N) is 2. The summed E-state index contributed by atoms with van der Waals surface area (Å²) < 4.78 is 0. The fraction of sp³-hybridized carbons (Fsp3) is 0.538. The molecular weight excluding hydrogens is 264 g/mol. The van der Waals surface area contributed by atoms with Gasteiger partial charge in [-0.25, -0.2) is 0 Å². The molecule has 1 aromatic heterocycles. The first kappa shape index (κ1) is 15.7. The summed E-state index contributed by atoms with van der Waals surface area (Å²) in [6.07, 6.45) is 0. The van der Waals surface area contributed by atoms with Crippen LogP contribution in [0.25, 0.3) is 0 Å². The summed E-state index contributed by atoms with van der Waals surface area (Å²) in [5.74, 6) is -0.422. The summed E-state index contributed by atoms with van der Waals surface area (Å²) in [4.78, 5) is 24.2. The maximum atomic E-state index is 11.9. The van der Waals surface area contributed by atoms with Crippen LogP contribution in [0.2, 0.25) is 0 Å². The molecule has 2 atom stereocenters. The summed E-state index contributed by atoms with van der Waals surface area (Å²) in [5, 5.41) is 16.3. The average Bonchev–Trinajstić information content (AvgIpc) is 2.88. The maximum Gasteiger partial charge on any atom is 0.261 e. The zero-order valence-corrected chi connectivity index (χ0v) is 12.2. The molecule has 0 aliphatic carbocycles. The quantitative estimate of drug-likeness (QED) is 0.729. The summed E-state index contributed by atoms with van der Waals surface area (Å²) in [5.41, 5.74) is 0. The van der Waals surface area contributed by atoms with Gasteiger partial charge in [0.2, 0.25) is 5.91 Å². The van der Waals surface area contributed by atoms with E-state index in [0.717, 1.165) is 0 Å². The first-order chi connectivity index (χ1) is 8.95. The van der Waals surface area contributed by atoms with Crippen molar-refractivity contribution < 1.29 is 14.7 Å². The molecule has 0 aliphatic rings. The van der Waals surface area contributed by atoms with E-state index >= 15 is 0 Å². The van der Waals surface area contributed by atoms with Crippen LogP contribution in [0.1, 0.15) is 30.4 Å². The Kier molecular flexibility index (Phi) is 5.98. The van der Waals surface area contributed by atoms with Crippen molar-refractivity contribution in [3.8, 4) is 0 Å². The van der Waals surface area contributed by atoms with Crippen LogP contribution in [0.4, 0.5) is 0 Å². The van der Waals surface area contributed by atoms with Crippen LogP contribution >= 0.6 is 11.3 Å². The van der Waals surface area contributed by atoms with E-state index in [-0.39, 0.29) is 30.4 Å². The van der Waals surface area contributed by atoms with Gasteiger partial charge in [-0.15, -0.1) is 11.3 Å². The van der Waals surface area contributed by atoms with E-state index in [1.807, 2.05) is 13.8 Å². The summed E-state index contributed by atoms with van der Waals surface area (Å²) in [6.45, 7) is 5.33. The predicted octanol–water partition coefficient (Wildman–Crippen LogP) is 0.999. The molecule has 19 heavy (non-hydrogen) atoms. The van der Waals surface area contributed by atoms with Gasteiger partial charge in [-0.1, -0.05) is 19.9 Å². The molecule has 0 radical (unpaired) electrons. The highest BCUT2D eigenvalue weighted by molar-refractivity contribution is 7.12. The third kappa shape index (κ3) is 4.65. The Labute approximate surface area is 117 Å². The van der Waals surface area contributed by atoms with Crippen molar-refractivity contribution in [2.24, 2.45) is 5.92 Å². The number of aliphatic hydroxyl groups excluding tert-OH is 1. The van der Waals surface area contributed by atoms with E-state index in [4.69, 9.17) is 5.11 Å². The zero-order valence-electron chi connectivity index (χ0n) is 11.3. The molecule has 5 nitrogen and oxygen atoms in total. The number of aliphatic hydroxyl groups is 1. The van der Waals surface area contributed by atoms with Crippen LogP contribution in [-0.4, -0.2) is 35.6 Å². The van der Waals surface area contributed by atoms with Crippen LogP contribution in [0.15, 0.2) is 17.5 Å². The van der Waals surface area contributed by atoms with Gasteiger partial charge in [0.05, 0.1) is 17.5 Å². The maximum absolute atomic E-state index is 11.9. The van der Waals surface area contributed by atoms with Crippen LogP contribution in [0, 0.1) is 5.92 Å². The van der Waals surface area contributed by atoms with Gasteiger partial charge in [-0.05, 0) is 24.3 Å². The third-order valence-electron chi connectivity index (χ3n) is 2.81. The van der Waals surface area contributed by atoms with Gasteiger partial charge < -0.3 is 15.7 Å². The number of rotatable bonds is 6. The Bertz CT molecular complexity index is 418. The van der Waals surface area contributed by atoms with E-state index in [9.17, 15) is 9.59 Å². The summed E-state index contributed by atoms with van der Waals surface area (Å²) in [6, 6.07) is 2.55. The number of amides is 2. The SMILES string of the molecule is CC(NC(=O)c1cccs1)C(=O)N[C@H](CO)C(C)C. The summed E-state index contributed by atoms with van der Waals surface area (Å²) >= 11 is 1.32. The van der Waals surface area contributed by atoms with Crippen molar-refractivity contribution in [3.05, 3.63) is 22.4 Å². The van der Waals surface area contributed by atoms with Gasteiger partial charge in [-0.3, -0.25) is 9.59 Å². The molecule has 0 saturated heterocycles. The van der Waals surface area contributed by atoms with Gasteiger partial charge in [0, 0.05) is 0 Å². The second-order valence-corrected chi connectivity index (χ2v) is 5.66. The largest absolute Gasteiger partial charge is 0.394 e. The van der Waals surface area contributed by atoms with Gasteiger partial charge in [-0.2, -0.15) is 0 Å². The Hall–Kier alpha value is -1.40. The van der Waals surface area contributed by atoms with Gasteiger partial charge >= 0.3 is 0 Å². The Morgan fingerprint density at radius 1 is 1.32 bits per heavy atom. The number of thiophene rings is 1. The first-order valence-electron chi connectivity index (χ1n) is 6.21. The standard InChI is InChI=1S/C13H20N2O3S/c1-8(2)10(7-16)15-12(17)9(3)14-13(18)11-5-4-6-19-11/h4-6,8-10,16H,7H2,1-3H3,(H,14,18)(H,15,17)/t9?,10-/m1/s1. The molecule has 1 rings (SSSR count). The minimum atomic E-state index is -0.637. The van der Waals surface area contributed by atoms with Crippen LogP contribution in [0.3, 0.4) is 0 Å². The molecule has 0 spiro atoms. The van der Waals surface area contributed by atoms with Crippen LogP contribution in [0.5, 0.6) is 0 Å². The van der Waals surface area contributed by atoms with E-state index in [1.165, 1.54) is 11.3 Å². The predicted molar refractivity (Wildman–Crippen MR) is 75.1 cm³/mol. The summed E-state index contributed by atoms with van der Waals surface area (Å²) in [7, 11) is 0. The monoisotopic (exact) mass is 284 g/mol. The average molecular weight is 284 g/mol.